The van der Waals surface area contributed by atoms with Crippen LogP contribution in [-0.4, -0.2) is 35.1 Å². The van der Waals surface area contributed by atoms with Gasteiger partial charge in [0.2, 0.25) is 5.91 Å². The SMILES string of the molecule is CC(C)(CC(=O)O)NC(=O)NCC(N)=O. The number of urea groups is 1. The van der Waals surface area contributed by atoms with Gasteiger partial charge in [-0.2, -0.15) is 0 Å². The molecule has 15 heavy (non-hydrogen) atoms. The van der Waals surface area contributed by atoms with Gasteiger partial charge in [0, 0.05) is 5.54 Å². The Morgan fingerprint density at radius 2 is 1.87 bits per heavy atom. The second-order valence-electron chi connectivity index (χ2n) is 3.73. The molecule has 0 saturated heterocycles. The molecule has 0 aromatic heterocycles. The molecule has 0 unspecified atom stereocenters. The van der Waals surface area contributed by atoms with Crippen molar-refractivity contribution in [1.82, 2.24) is 10.6 Å². The molecule has 0 aliphatic carbocycles. The van der Waals surface area contributed by atoms with Gasteiger partial charge in [0.05, 0.1) is 13.0 Å². The molecule has 7 nitrogen and oxygen atoms in total. The van der Waals surface area contributed by atoms with E-state index in [2.05, 4.69) is 10.6 Å². The standard InChI is InChI=1S/C8H15N3O4/c1-8(2,3-6(13)14)11-7(15)10-4-5(9)12/h3-4H2,1-2H3,(H2,9,12)(H,13,14)(H2,10,11,15). The Balaban J connectivity index is 4.04. The molecule has 0 aliphatic heterocycles. The van der Waals surface area contributed by atoms with Crippen molar-refractivity contribution in [3.63, 3.8) is 0 Å². The van der Waals surface area contributed by atoms with Gasteiger partial charge in [-0.3, -0.25) is 9.59 Å². The van der Waals surface area contributed by atoms with Gasteiger partial charge in [0.15, 0.2) is 0 Å². The van der Waals surface area contributed by atoms with Crippen molar-refractivity contribution in [2.75, 3.05) is 6.54 Å². The molecular weight excluding hydrogens is 202 g/mol. The highest BCUT2D eigenvalue weighted by Crippen LogP contribution is 2.07. The summed E-state index contributed by atoms with van der Waals surface area (Å²) in [4.78, 5) is 31.9. The van der Waals surface area contributed by atoms with Crippen molar-refractivity contribution < 1.29 is 19.5 Å². The predicted molar refractivity (Wildman–Crippen MR) is 52.1 cm³/mol. The van der Waals surface area contributed by atoms with Gasteiger partial charge in [-0.15, -0.1) is 0 Å². The van der Waals surface area contributed by atoms with Crippen LogP contribution >= 0.6 is 0 Å². The zero-order valence-electron chi connectivity index (χ0n) is 8.66. The molecule has 0 fully saturated rings. The maximum atomic E-state index is 11.1. The summed E-state index contributed by atoms with van der Waals surface area (Å²) in [5, 5.41) is 13.1. The van der Waals surface area contributed by atoms with E-state index in [1.807, 2.05) is 0 Å². The fourth-order valence-corrected chi connectivity index (χ4v) is 0.941. The molecule has 5 N–H and O–H groups in total. The number of aliphatic carboxylic acids is 1. The van der Waals surface area contributed by atoms with Crippen LogP contribution in [0.25, 0.3) is 0 Å². The van der Waals surface area contributed by atoms with Crippen molar-refractivity contribution in [2.45, 2.75) is 25.8 Å². The molecule has 0 radical (unpaired) electrons. The molecule has 0 atom stereocenters. The topological polar surface area (TPSA) is 122 Å². The number of carboxylic acids is 1. The summed E-state index contributed by atoms with van der Waals surface area (Å²) in [6.45, 7) is 2.84. The van der Waals surface area contributed by atoms with Crippen LogP contribution in [0.5, 0.6) is 0 Å². The minimum atomic E-state index is -1.02. The Kier molecular flexibility index (Phi) is 4.56. The fourth-order valence-electron chi connectivity index (χ4n) is 0.941. The molecule has 0 bridgehead atoms. The molecule has 3 amide bonds. The number of carboxylic acid groups (broad SMARTS) is 1. The van der Waals surface area contributed by atoms with E-state index in [1.165, 1.54) is 0 Å². The molecule has 0 aromatic rings. The van der Waals surface area contributed by atoms with Crippen LogP contribution in [0.1, 0.15) is 20.3 Å². The maximum Gasteiger partial charge on any atom is 0.315 e. The first-order valence-corrected chi connectivity index (χ1v) is 4.29. The number of nitrogens with two attached hydrogens (primary N) is 1. The highest BCUT2D eigenvalue weighted by Gasteiger charge is 2.23. The van der Waals surface area contributed by atoms with Gasteiger partial charge in [-0.05, 0) is 13.8 Å². The average molecular weight is 217 g/mol. The Bertz CT molecular complexity index is 275. The lowest BCUT2D eigenvalue weighted by molar-refractivity contribution is -0.138. The van der Waals surface area contributed by atoms with Crippen molar-refractivity contribution in [2.24, 2.45) is 5.73 Å². The highest BCUT2D eigenvalue weighted by molar-refractivity contribution is 5.83. The number of carbonyl (C=O) groups is 3. The van der Waals surface area contributed by atoms with Crippen molar-refractivity contribution in [3.8, 4) is 0 Å². The van der Waals surface area contributed by atoms with Crippen LogP contribution in [0.3, 0.4) is 0 Å². The number of rotatable bonds is 5. The lowest BCUT2D eigenvalue weighted by atomic mass is 10.0. The smallest absolute Gasteiger partial charge is 0.315 e. The van der Waals surface area contributed by atoms with E-state index >= 15 is 0 Å². The number of carbonyl (C=O) groups excluding carboxylic acids is 2. The zero-order valence-corrected chi connectivity index (χ0v) is 8.66. The predicted octanol–water partition coefficient (Wildman–Crippen LogP) is -0.976. The third kappa shape index (κ3) is 7.29. The highest BCUT2D eigenvalue weighted by atomic mass is 16.4. The minimum Gasteiger partial charge on any atom is -0.481 e. The first kappa shape index (κ1) is 13.2. The summed E-state index contributed by atoms with van der Waals surface area (Å²) < 4.78 is 0. The maximum absolute atomic E-state index is 11.1. The number of primary amides is 1. The molecule has 0 spiro atoms. The second-order valence-corrected chi connectivity index (χ2v) is 3.73. The van der Waals surface area contributed by atoms with Gasteiger partial charge in [0.1, 0.15) is 0 Å². The van der Waals surface area contributed by atoms with Gasteiger partial charge >= 0.3 is 12.0 Å². The molecular formula is C8H15N3O4. The fraction of sp³-hybridized carbons (Fsp3) is 0.625. The average Bonchev–Trinajstić information content (AvgIpc) is 1.96. The molecule has 0 aliphatic rings. The summed E-state index contributed by atoms with van der Waals surface area (Å²) in [5.41, 5.74) is 3.93. The third-order valence-corrected chi connectivity index (χ3v) is 1.47. The van der Waals surface area contributed by atoms with E-state index in [4.69, 9.17) is 10.8 Å². The summed E-state index contributed by atoms with van der Waals surface area (Å²) in [5.74, 6) is -1.68. The second kappa shape index (κ2) is 5.18. The number of hydrogen-bond donors (Lipinski definition) is 4. The van der Waals surface area contributed by atoms with Crippen LogP contribution < -0.4 is 16.4 Å². The van der Waals surface area contributed by atoms with E-state index in [1.54, 1.807) is 13.8 Å². The van der Waals surface area contributed by atoms with Gasteiger partial charge < -0.3 is 21.5 Å². The van der Waals surface area contributed by atoms with Crippen LogP contribution in [-0.2, 0) is 9.59 Å². The van der Waals surface area contributed by atoms with Crippen molar-refractivity contribution in [3.05, 3.63) is 0 Å². The summed E-state index contributed by atoms with van der Waals surface area (Å²) in [7, 11) is 0. The molecule has 7 heteroatoms. The van der Waals surface area contributed by atoms with Crippen LogP contribution in [0.4, 0.5) is 4.79 Å². The molecule has 0 rings (SSSR count). The van der Waals surface area contributed by atoms with E-state index in [0.29, 0.717) is 0 Å². The number of amides is 3. The van der Waals surface area contributed by atoms with E-state index in [9.17, 15) is 14.4 Å². The molecule has 0 aromatic carbocycles. The molecule has 0 heterocycles. The summed E-state index contributed by atoms with van der Waals surface area (Å²) in [6, 6.07) is -0.625. The lowest BCUT2D eigenvalue weighted by Crippen LogP contribution is -2.50. The minimum absolute atomic E-state index is 0.211. The quantitative estimate of drug-likeness (QED) is 0.473. The largest absolute Gasteiger partial charge is 0.481 e. The monoisotopic (exact) mass is 217 g/mol. The zero-order chi connectivity index (χ0) is 12.1. The number of hydrogen-bond acceptors (Lipinski definition) is 3. The Hall–Kier alpha value is -1.79. The molecule has 0 saturated carbocycles. The number of nitrogens with one attached hydrogen (secondary N) is 2. The van der Waals surface area contributed by atoms with Gasteiger partial charge in [-0.25, -0.2) is 4.79 Å². The first-order chi connectivity index (χ1) is 6.73. The Labute approximate surface area is 87.0 Å². The third-order valence-electron chi connectivity index (χ3n) is 1.47. The van der Waals surface area contributed by atoms with Gasteiger partial charge in [-0.1, -0.05) is 0 Å². The molecule has 86 valence electrons. The Morgan fingerprint density at radius 1 is 1.33 bits per heavy atom. The van der Waals surface area contributed by atoms with E-state index < -0.39 is 23.4 Å². The summed E-state index contributed by atoms with van der Waals surface area (Å²) >= 11 is 0. The van der Waals surface area contributed by atoms with Gasteiger partial charge in [0.25, 0.3) is 0 Å². The van der Waals surface area contributed by atoms with E-state index in [0.717, 1.165) is 0 Å². The van der Waals surface area contributed by atoms with Crippen LogP contribution in [0, 0.1) is 0 Å². The Morgan fingerprint density at radius 3 is 2.27 bits per heavy atom. The van der Waals surface area contributed by atoms with E-state index in [-0.39, 0.29) is 13.0 Å². The lowest BCUT2D eigenvalue weighted by Gasteiger charge is -2.24. The van der Waals surface area contributed by atoms with Crippen molar-refractivity contribution in [1.29, 1.82) is 0 Å². The first-order valence-electron chi connectivity index (χ1n) is 4.29. The van der Waals surface area contributed by atoms with Crippen LogP contribution in [0.15, 0.2) is 0 Å². The van der Waals surface area contributed by atoms with Crippen LogP contribution in [0.2, 0.25) is 0 Å². The normalized spacial score (nSPS) is 10.5. The van der Waals surface area contributed by atoms with Crippen molar-refractivity contribution >= 4 is 17.9 Å². The summed E-state index contributed by atoms with van der Waals surface area (Å²) in [6.07, 6.45) is -0.211.